The second-order valence-corrected chi connectivity index (χ2v) is 6.51. The molecular formula is C24H25NO2. The maximum atomic E-state index is 12.8. The summed E-state index contributed by atoms with van der Waals surface area (Å²) in [5, 5.41) is 0. The van der Waals surface area contributed by atoms with Crippen LogP contribution in [0.3, 0.4) is 0 Å². The summed E-state index contributed by atoms with van der Waals surface area (Å²) in [5.41, 5.74) is 3.38. The lowest BCUT2D eigenvalue weighted by Crippen LogP contribution is -2.30. The molecule has 0 saturated carbocycles. The van der Waals surface area contributed by atoms with Gasteiger partial charge in [0.2, 0.25) is 5.91 Å². The van der Waals surface area contributed by atoms with E-state index >= 15 is 0 Å². The molecule has 0 aromatic heterocycles. The minimum atomic E-state index is 0.107. The topological polar surface area (TPSA) is 29.5 Å². The Kier molecular flexibility index (Phi) is 7.19. The van der Waals surface area contributed by atoms with E-state index in [0.29, 0.717) is 32.7 Å². The molecule has 0 N–H and O–H groups in total. The fraction of sp³-hybridized carbons (Fsp3) is 0.208. The highest BCUT2D eigenvalue weighted by molar-refractivity contribution is 5.76. The van der Waals surface area contributed by atoms with Crippen molar-refractivity contribution in [1.82, 2.24) is 4.90 Å². The molecule has 0 saturated heterocycles. The van der Waals surface area contributed by atoms with E-state index in [1.165, 1.54) is 0 Å². The smallest absolute Gasteiger partial charge is 0.225 e. The van der Waals surface area contributed by atoms with Crippen molar-refractivity contribution in [3.63, 3.8) is 0 Å². The Balaban J connectivity index is 1.56. The summed E-state index contributed by atoms with van der Waals surface area (Å²) < 4.78 is 5.69. The van der Waals surface area contributed by atoms with Crippen molar-refractivity contribution in [2.24, 2.45) is 0 Å². The van der Waals surface area contributed by atoms with Gasteiger partial charge in [-0.05, 0) is 16.7 Å². The van der Waals surface area contributed by atoms with Crippen LogP contribution in [0.25, 0.3) is 0 Å². The summed E-state index contributed by atoms with van der Waals surface area (Å²) in [7, 11) is 0. The third kappa shape index (κ3) is 6.39. The summed E-state index contributed by atoms with van der Waals surface area (Å²) in [6.07, 6.45) is 0.381. The molecule has 0 aliphatic rings. The summed E-state index contributed by atoms with van der Waals surface area (Å²) in [5.74, 6) is 0.107. The van der Waals surface area contributed by atoms with Gasteiger partial charge in [0.25, 0.3) is 0 Å². The van der Waals surface area contributed by atoms with Crippen LogP contribution in [0.1, 0.15) is 23.1 Å². The van der Waals surface area contributed by atoms with Crippen LogP contribution in [0.2, 0.25) is 0 Å². The molecule has 0 fully saturated rings. The maximum absolute atomic E-state index is 12.8. The number of hydrogen-bond acceptors (Lipinski definition) is 2. The minimum Gasteiger partial charge on any atom is -0.376 e. The highest BCUT2D eigenvalue weighted by Crippen LogP contribution is 2.12. The molecule has 3 aromatic rings. The normalized spacial score (nSPS) is 10.5. The first-order valence-corrected chi connectivity index (χ1v) is 9.28. The van der Waals surface area contributed by atoms with Crippen LogP contribution < -0.4 is 0 Å². The van der Waals surface area contributed by atoms with Crippen molar-refractivity contribution >= 4 is 5.91 Å². The van der Waals surface area contributed by atoms with Crippen LogP contribution >= 0.6 is 0 Å². The van der Waals surface area contributed by atoms with Gasteiger partial charge in [-0.2, -0.15) is 0 Å². The van der Waals surface area contributed by atoms with E-state index in [1.807, 2.05) is 71.6 Å². The van der Waals surface area contributed by atoms with Crippen molar-refractivity contribution in [1.29, 1.82) is 0 Å². The fourth-order valence-corrected chi connectivity index (χ4v) is 2.92. The molecule has 0 bridgehead atoms. The molecule has 1 amide bonds. The predicted octanol–water partition coefficient (Wildman–Crippen LogP) is 4.82. The van der Waals surface area contributed by atoms with Gasteiger partial charge in [-0.25, -0.2) is 0 Å². The van der Waals surface area contributed by atoms with Crippen molar-refractivity contribution in [3.05, 3.63) is 108 Å². The first-order chi connectivity index (χ1) is 13.3. The Labute approximate surface area is 161 Å². The fourth-order valence-electron chi connectivity index (χ4n) is 2.92. The molecule has 3 nitrogen and oxygen atoms in total. The van der Waals surface area contributed by atoms with Gasteiger partial charge in [-0.1, -0.05) is 91.0 Å². The van der Waals surface area contributed by atoms with Crippen molar-refractivity contribution in [2.45, 2.75) is 26.1 Å². The molecule has 3 aromatic carbocycles. The van der Waals surface area contributed by atoms with Gasteiger partial charge in [-0.3, -0.25) is 4.79 Å². The first kappa shape index (κ1) is 18.9. The molecule has 0 aliphatic carbocycles. The third-order valence-electron chi connectivity index (χ3n) is 4.36. The largest absolute Gasteiger partial charge is 0.376 e. The number of rotatable bonds is 9. The zero-order chi connectivity index (χ0) is 18.7. The number of carbonyl (C=O) groups is 1. The van der Waals surface area contributed by atoms with E-state index in [9.17, 15) is 4.79 Å². The Bertz CT molecular complexity index is 762. The van der Waals surface area contributed by atoms with Gasteiger partial charge < -0.3 is 9.64 Å². The summed E-state index contributed by atoms with van der Waals surface area (Å²) in [6, 6.07) is 30.2. The number of carbonyl (C=O) groups excluding carboxylic acids is 1. The van der Waals surface area contributed by atoms with Gasteiger partial charge in [0, 0.05) is 13.1 Å². The van der Waals surface area contributed by atoms with Gasteiger partial charge in [0.15, 0.2) is 0 Å². The Morgan fingerprint density at radius 3 is 1.59 bits per heavy atom. The molecule has 0 aliphatic heterocycles. The molecule has 27 heavy (non-hydrogen) atoms. The zero-order valence-corrected chi connectivity index (χ0v) is 15.5. The molecule has 0 heterocycles. The Hall–Kier alpha value is -2.91. The monoisotopic (exact) mass is 359 g/mol. The highest BCUT2D eigenvalue weighted by Gasteiger charge is 2.14. The van der Waals surface area contributed by atoms with E-state index in [2.05, 4.69) is 24.3 Å². The molecule has 0 spiro atoms. The lowest BCUT2D eigenvalue weighted by molar-refractivity contribution is -0.133. The first-order valence-electron chi connectivity index (χ1n) is 9.28. The van der Waals surface area contributed by atoms with E-state index in [-0.39, 0.29) is 5.91 Å². The zero-order valence-electron chi connectivity index (χ0n) is 15.5. The average Bonchev–Trinajstić information content (AvgIpc) is 2.73. The molecule has 0 atom stereocenters. The average molecular weight is 359 g/mol. The van der Waals surface area contributed by atoms with Gasteiger partial charge >= 0.3 is 0 Å². The number of amides is 1. The predicted molar refractivity (Wildman–Crippen MR) is 108 cm³/mol. The maximum Gasteiger partial charge on any atom is 0.225 e. The van der Waals surface area contributed by atoms with E-state index in [1.54, 1.807) is 0 Å². The van der Waals surface area contributed by atoms with E-state index in [4.69, 9.17) is 4.74 Å². The molecule has 3 rings (SSSR count). The number of benzene rings is 3. The van der Waals surface area contributed by atoms with Crippen molar-refractivity contribution < 1.29 is 9.53 Å². The Morgan fingerprint density at radius 1 is 0.667 bits per heavy atom. The second-order valence-electron chi connectivity index (χ2n) is 6.51. The summed E-state index contributed by atoms with van der Waals surface area (Å²) in [6.45, 7) is 2.17. The SMILES string of the molecule is O=C(CCOCc1ccccc1)N(Cc1ccccc1)Cc1ccccc1. The van der Waals surface area contributed by atoms with Crippen LogP contribution in [-0.4, -0.2) is 17.4 Å². The van der Waals surface area contributed by atoms with E-state index < -0.39 is 0 Å². The van der Waals surface area contributed by atoms with Gasteiger partial charge in [0.05, 0.1) is 19.6 Å². The second kappa shape index (κ2) is 10.3. The molecule has 0 radical (unpaired) electrons. The third-order valence-corrected chi connectivity index (χ3v) is 4.36. The number of ether oxygens (including phenoxy) is 1. The number of hydrogen-bond donors (Lipinski definition) is 0. The van der Waals surface area contributed by atoms with Crippen molar-refractivity contribution in [3.8, 4) is 0 Å². The molecule has 138 valence electrons. The Morgan fingerprint density at radius 2 is 1.11 bits per heavy atom. The quantitative estimate of drug-likeness (QED) is 0.513. The van der Waals surface area contributed by atoms with Crippen LogP contribution in [0.5, 0.6) is 0 Å². The molecule has 3 heteroatoms. The number of nitrogens with zero attached hydrogens (tertiary/aromatic N) is 1. The lowest BCUT2D eigenvalue weighted by Gasteiger charge is -2.23. The van der Waals surface area contributed by atoms with Gasteiger partial charge in [0.1, 0.15) is 0 Å². The van der Waals surface area contributed by atoms with Crippen LogP contribution in [0.4, 0.5) is 0 Å². The van der Waals surface area contributed by atoms with Gasteiger partial charge in [-0.15, -0.1) is 0 Å². The minimum absolute atomic E-state index is 0.107. The summed E-state index contributed by atoms with van der Waals surface area (Å²) in [4.78, 5) is 14.7. The standard InChI is InChI=1S/C24H25NO2/c26-24(16-17-27-20-23-14-8-3-9-15-23)25(18-21-10-4-1-5-11-21)19-22-12-6-2-7-13-22/h1-15H,16-20H2. The van der Waals surface area contributed by atoms with Crippen LogP contribution in [0.15, 0.2) is 91.0 Å². The van der Waals surface area contributed by atoms with E-state index in [0.717, 1.165) is 16.7 Å². The summed E-state index contributed by atoms with van der Waals surface area (Å²) >= 11 is 0. The molecular weight excluding hydrogens is 334 g/mol. The lowest BCUT2D eigenvalue weighted by atomic mass is 10.1. The van der Waals surface area contributed by atoms with Crippen LogP contribution in [0, 0.1) is 0 Å². The highest BCUT2D eigenvalue weighted by atomic mass is 16.5. The molecule has 0 unspecified atom stereocenters. The van der Waals surface area contributed by atoms with Crippen LogP contribution in [-0.2, 0) is 29.2 Å². The van der Waals surface area contributed by atoms with Crippen molar-refractivity contribution in [2.75, 3.05) is 6.61 Å².